The number of ketones is 1. The van der Waals surface area contributed by atoms with Gasteiger partial charge in [0.2, 0.25) is 0 Å². The molecule has 2 heterocycles. The molecule has 2 N–H and O–H groups in total. The van der Waals surface area contributed by atoms with Crippen LogP contribution in [-0.2, 0) is 17.7 Å². The molecule has 0 unspecified atom stereocenters. The third-order valence-electron chi connectivity index (χ3n) is 4.00. The summed E-state index contributed by atoms with van der Waals surface area (Å²) in [5.74, 6) is 0.0183. The van der Waals surface area contributed by atoms with Crippen molar-refractivity contribution in [1.82, 2.24) is 10.2 Å². The summed E-state index contributed by atoms with van der Waals surface area (Å²) in [6, 6.07) is 11.2. The third-order valence-corrected chi connectivity index (χ3v) is 4.00. The maximum Gasteiger partial charge on any atom is 0.491 e. The fraction of sp³-hybridized carbons (Fsp3) is 0.125. The lowest BCUT2D eigenvalue weighted by Gasteiger charge is -2.05. The molecule has 5 nitrogen and oxygen atoms in total. The lowest BCUT2D eigenvalue weighted by Crippen LogP contribution is -2.28. The molecule has 0 fully saturated rings. The van der Waals surface area contributed by atoms with Crippen LogP contribution in [0.3, 0.4) is 0 Å². The summed E-state index contributed by atoms with van der Waals surface area (Å²) in [6.07, 6.45) is 2.06. The summed E-state index contributed by atoms with van der Waals surface area (Å²) in [6.45, 7) is 0.391. The minimum Gasteiger partial charge on any atom is -0.423 e. The maximum absolute atomic E-state index is 12.4. The molecular weight excluding hydrogens is 279 g/mol. The van der Waals surface area contributed by atoms with Gasteiger partial charge >= 0.3 is 7.12 Å². The monoisotopic (exact) mass is 292 g/mol. The van der Waals surface area contributed by atoms with E-state index in [9.17, 15) is 9.82 Å². The fourth-order valence-corrected chi connectivity index (χ4v) is 2.78. The van der Waals surface area contributed by atoms with Crippen molar-refractivity contribution in [1.29, 1.82) is 0 Å². The van der Waals surface area contributed by atoms with Gasteiger partial charge in [0.05, 0.1) is 18.3 Å². The smallest absolute Gasteiger partial charge is 0.423 e. The first-order valence-corrected chi connectivity index (χ1v) is 7.08. The molecule has 4 rings (SSSR count). The molecule has 0 bridgehead atoms. The molecule has 0 radical (unpaired) electrons. The fourth-order valence-electron chi connectivity index (χ4n) is 2.78. The van der Waals surface area contributed by atoms with Crippen LogP contribution in [0, 0.1) is 0 Å². The first-order chi connectivity index (χ1) is 10.7. The van der Waals surface area contributed by atoms with Crippen LogP contribution in [0.1, 0.15) is 21.5 Å². The number of fused-ring (bicyclic) bond motifs is 2. The van der Waals surface area contributed by atoms with Crippen LogP contribution in [0.25, 0.3) is 10.9 Å². The van der Waals surface area contributed by atoms with E-state index >= 15 is 0 Å². The molecule has 0 saturated heterocycles. The van der Waals surface area contributed by atoms with Gasteiger partial charge in [-0.05, 0) is 28.7 Å². The Bertz CT molecular complexity index is 875. The van der Waals surface area contributed by atoms with Gasteiger partial charge in [-0.1, -0.05) is 24.3 Å². The highest BCUT2D eigenvalue weighted by molar-refractivity contribution is 6.61. The highest BCUT2D eigenvalue weighted by Gasteiger charge is 2.27. The number of nitrogens with zero attached hydrogens (tertiary/aromatic N) is 1. The lowest BCUT2D eigenvalue weighted by molar-refractivity contribution is 0.0993. The second kappa shape index (κ2) is 5.08. The number of aromatic nitrogens is 2. The van der Waals surface area contributed by atoms with E-state index in [1.807, 2.05) is 24.3 Å². The van der Waals surface area contributed by atoms with Crippen molar-refractivity contribution in [3.63, 3.8) is 0 Å². The summed E-state index contributed by atoms with van der Waals surface area (Å²) in [4.78, 5) is 12.4. The molecule has 1 aromatic heterocycles. The average Bonchev–Trinajstić information content (AvgIpc) is 3.13. The van der Waals surface area contributed by atoms with Crippen LogP contribution < -0.4 is 5.46 Å². The normalized spacial score (nSPS) is 13.6. The number of benzene rings is 2. The number of rotatable bonds is 3. The third kappa shape index (κ3) is 2.22. The first-order valence-electron chi connectivity index (χ1n) is 7.08. The Morgan fingerprint density at radius 3 is 3.14 bits per heavy atom. The summed E-state index contributed by atoms with van der Waals surface area (Å²) in [5, 5.41) is 17.6. The van der Waals surface area contributed by atoms with Crippen molar-refractivity contribution in [2.24, 2.45) is 0 Å². The van der Waals surface area contributed by atoms with Crippen molar-refractivity contribution in [3.05, 3.63) is 59.3 Å². The van der Waals surface area contributed by atoms with Crippen LogP contribution >= 0.6 is 0 Å². The molecule has 108 valence electrons. The summed E-state index contributed by atoms with van der Waals surface area (Å²) < 4.78 is 5.15. The van der Waals surface area contributed by atoms with Crippen LogP contribution in [0.4, 0.5) is 0 Å². The number of aromatic amines is 1. The Morgan fingerprint density at radius 1 is 1.32 bits per heavy atom. The molecule has 1 aliphatic heterocycles. The number of Topliss-reactive ketones (excluding diaryl/α,β-unsaturated/α-hetero) is 1. The van der Waals surface area contributed by atoms with E-state index in [0.717, 1.165) is 22.0 Å². The predicted octanol–water partition coefficient (Wildman–Crippen LogP) is 1.21. The molecule has 2 aromatic carbocycles. The molecule has 6 heteroatoms. The zero-order valence-electron chi connectivity index (χ0n) is 11.7. The Labute approximate surface area is 127 Å². The van der Waals surface area contributed by atoms with Crippen LogP contribution in [0.15, 0.2) is 42.6 Å². The first kappa shape index (κ1) is 13.2. The number of carbonyl (C=O) groups is 1. The van der Waals surface area contributed by atoms with E-state index in [0.29, 0.717) is 24.1 Å². The number of hydrogen-bond acceptors (Lipinski definition) is 4. The molecule has 0 amide bonds. The number of H-pyrrole nitrogens is 1. The van der Waals surface area contributed by atoms with Gasteiger partial charge in [-0.15, -0.1) is 0 Å². The van der Waals surface area contributed by atoms with Crippen molar-refractivity contribution < 1.29 is 14.5 Å². The molecule has 0 spiro atoms. The topological polar surface area (TPSA) is 75.2 Å². The van der Waals surface area contributed by atoms with Crippen LogP contribution in [0.5, 0.6) is 0 Å². The zero-order chi connectivity index (χ0) is 15.1. The molecule has 1 aliphatic rings. The average molecular weight is 292 g/mol. The molecule has 3 aromatic rings. The zero-order valence-corrected chi connectivity index (χ0v) is 11.7. The standard InChI is InChI=1S/C16H13BN2O3/c20-16(6-10-1-4-15-13(5-10)8-18-19-15)11-2-3-12-9-22-17(21)14(12)7-11/h1-5,7-8,21H,6,9H2,(H,18,19). The van der Waals surface area contributed by atoms with Crippen LogP contribution in [0.2, 0.25) is 0 Å². The van der Waals surface area contributed by atoms with Gasteiger partial charge in [-0.25, -0.2) is 0 Å². The van der Waals surface area contributed by atoms with Crippen molar-refractivity contribution in [2.75, 3.05) is 0 Å². The van der Waals surface area contributed by atoms with Gasteiger partial charge in [0, 0.05) is 17.4 Å². The maximum atomic E-state index is 12.4. The van der Waals surface area contributed by atoms with Gasteiger partial charge < -0.3 is 9.68 Å². The quantitative estimate of drug-likeness (QED) is 0.562. The molecule has 0 aliphatic carbocycles. The summed E-state index contributed by atoms with van der Waals surface area (Å²) >= 11 is 0. The van der Waals surface area contributed by atoms with E-state index in [4.69, 9.17) is 4.65 Å². The van der Waals surface area contributed by atoms with E-state index in [1.165, 1.54) is 0 Å². The van der Waals surface area contributed by atoms with Gasteiger partial charge in [0.1, 0.15) is 0 Å². The van der Waals surface area contributed by atoms with Gasteiger partial charge in [0.15, 0.2) is 5.78 Å². The number of nitrogens with one attached hydrogen (secondary N) is 1. The van der Waals surface area contributed by atoms with Gasteiger partial charge in [-0.3, -0.25) is 9.89 Å². The van der Waals surface area contributed by atoms with Crippen molar-refractivity contribution >= 4 is 29.3 Å². The van der Waals surface area contributed by atoms with E-state index < -0.39 is 7.12 Å². The highest BCUT2D eigenvalue weighted by atomic mass is 16.5. The Hall–Kier alpha value is -2.44. The molecule has 0 saturated carbocycles. The second-order valence-electron chi connectivity index (χ2n) is 5.47. The van der Waals surface area contributed by atoms with Crippen molar-refractivity contribution in [2.45, 2.75) is 13.0 Å². The largest absolute Gasteiger partial charge is 0.491 e. The van der Waals surface area contributed by atoms with E-state index in [-0.39, 0.29) is 5.78 Å². The second-order valence-corrected chi connectivity index (χ2v) is 5.47. The highest BCUT2D eigenvalue weighted by Crippen LogP contribution is 2.16. The number of hydrogen-bond donors (Lipinski definition) is 2. The Kier molecular flexibility index (Phi) is 3.06. The minimum absolute atomic E-state index is 0.0183. The predicted molar refractivity (Wildman–Crippen MR) is 83.0 cm³/mol. The molecule has 0 atom stereocenters. The van der Waals surface area contributed by atoms with E-state index in [2.05, 4.69) is 10.2 Å². The SMILES string of the molecule is O=C(Cc1ccc2[nH]ncc2c1)c1ccc2c(c1)B(O)OC2. The Balaban J connectivity index is 1.60. The molecule has 22 heavy (non-hydrogen) atoms. The minimum atomic E-state index is -0.926. The number of carbonyl (C=O) groups excluding carboxylic acids is 1. The Morgan fingerprint density at radius 2 is 2.23 bits per heavy atom. The van der Waals surface area contributed by atoms with Crippen LogP contribution in [-0.4, -0.2) is 28.1 Å². The van der Waals surface area contributed by atoms with E-state index in [1.54, 1.807) is 18.3 Å². The van der Waals surface area contributed by atoms with Gasteiger partial charge in [-0.2, -0.15) is 5.10 Å². The summed E-state index contributed by atoms with van der Waals surface area (Å²) in [5.41, 5.74) is 4.11. The lowest BCUT2D eigenvalue weighted by atomic mass is 9.78. The molecular formula is C16H13BN2O3. The summed E-state index contributed by atoms with van der Waals surface area (Å²) in [7, 11) is -0.926. The van der Waals surface area contributed by atoms with Crippen molar-refractivity contribution in [3.8, 4) is 0 Å². The van der Waals surface area contributed by atoms with Gasteiger partial charge in [0.25, 0.3) is 0 Å².